The van der Waals surface area contributed by atoms with Crippen molar-refractivity contribution in [3.8, 4) is 0 Å². The van der Waals surface area contributed by atoms with Crippen LogP contribution < -0.4 is 10.2 Å². The van der Waals surface area contributed by atoms with Crippen LogP contribution >= 0.6 is 0 Å². The fourth-order valence-electron chi connectivity index (χ4n) is 2.66. The maximum Gasteiger partial charge on any atom is 0.266 e. The van der Waals surface area contributed by atoms with Crippen molar-refractivity contribution >= 4 is 5.95 Å². The first-order chi connectivity index (χ1) is 8.86. The molecule has 18 heavy (non-hydrogen) atoms. The highest BCUT2D eigenvalue weighted by molar-refractivity contribution is 5.28. The Kier molecular flexibility index (Phi) is 3.47. The molecule has 100 valence electrons. The monoisotopic (exact) mass is 252 g/mol. The molecule has 6 nitrogen and oxygen atoms in total. The Hall–Kier alpha value is -1.14. The number of nitrogens with one attached hydrogen (secondary N) is 1. The van der Waals surface area contributed by atoms with Crippen molar-refractivity contribution < 1.29 is 9.26 Å². The van der Waals surface area contributed by atoms with Gasteiger partial charge in [-0.05, 0) is 30.8 Å². The second kappa shape index (κ2) is 5.24. The van der Waals surface area contributed by atoms with E-state index in [0.717, 1.165) is 32.0 Å². The molecule has 2 fully saturated rings. The van der Waals surface area contributed by atoms with Crippen molar-refractivity contribution in [1.82, 2.24) is 15.5 Å². The van der Waals surface area contributed by atoms with Gasteiger partial charge in [0.2, 0.25) is 5.89 Å². The van der Waals surface area contributed by atoms with Crippen LogP contribution in [0.25, 0.3) is 0 Å². The third-order valence-electron chi connectivity index (χ3n) is 3.79. The molecule has 0 aromatic carbocycles. The van der Waals surface area contributed by atoms with Crippen molar-refractivity contribution in [3.63, 3.8) is 0 Å². The SMILES string of the molecule is CO[C@@H]1CN[C@@H](c2nc(N3CCCCC3)no2)C1. The van der Waals surface area contributed by atoms with Crippen LogP contribution in [0.15, 0.2) is 4.52 Å². The highest BCUT2D eigenvalue weighted by Crippen LogP contribution is 2.25. The molecule has 0 bridgehead atoms. The first-order valence-corrected chi connectivity index (χ1v) is 6.71. The number of hydrogen-bond donors (Lipinski definition) is 1. The maximum absolute atomic E-state index is 5.37. The number of rotatable bonds is 3. The summed E-state index contributed by atoms with van der Waals surface area (Å²) >= 11 is 0. The van der Waals surface area contributed by atoms with Gasteiger partial charge in [0.25, 0.3) is 5.95 Å². The van der Waals surface area contributed by atoms with Gasteiger partial charge in [-0.1, -0.05) is 0 Å². The second-order valence-electron chi connectivity index (χ2n) is 5.03. The zero-order valence-electron chi connectivity index (χ0n) is 10.8. The number of ether oxygens (including phenoxy) is 1. The lowest BCUT2D eigenvalue weighted by molar-refractivity contribution is 0.116. The third kappa shape index (κ3) is 2.35. The summed E-state index contributed by atoms with van der Waals surface area (Å²) in [4.78, 5) is 6.72. The van der Waals surface area contributed by atoms with E-state index in [2.05, 4.69) is 20.4 Å². The first-order valence-electron chi connectivity index (χ1n) is 6.71. The van der Waals surface area contributed by atoms with Crippen LogP contribution in [0.1, 0.15) is 37.6 Å². The number of hydrogen-bond acceptors (Lipinski definition) is 6. The number of nitrogens with zero attached hydrogens (tertiary/aromatic N) is 3. The second-order valence-corrected chi connectivity index (χ2v) is 5.03. The molecule has 2 aliphatic rings. The fraction of sp³-hybridized carbons (Fsp3) is 0.833. The lowest BCUT2D eigenvalue weighted by atomic mass is 10.1. The van der Waals surface area contributed by atoms with E-state index < -0.39 is 0 Å². The normalized spacial score (nSPS) is 28.8. The van der Waals surface area contributed by atoms with Gasteiger partial charge in [0.15, 0.2) is 0 Å². The molecule has 2 atom stereocenters. The van der Waals surface area contributed by atoms with Crippen LogP contribution in [0.3, 0.4) is 0 Å². The Bertz CT molecular complexity index is 389. The summed E-state index contributed by atoms with van der Waals surface area (Å²) in [6.07, 6.45) is 4.90. The van der Waals surface area contributed by atoms with Crippen LogP contribution in [0.4, 0.5) is 5.95 Å². The van der Waals surface area contributed by atoms with Gasteiger partial charge < -0.3 is 19.5 Å². The van der Waals surface area contributed by atoms with Crippen LogP contribution in [-0.2, 0) is 4.74 Å². The molecule has 3 heterocycles. The van der Waals surface area contributed by atoms with E-state index in [1.165, 1.54) is 19.3 Å². The molecular weight excluding hydrogens is 232 g/mol. The zero-order valence-corrected chi connectivity index (χ0v) is 10.8. The van der Waals surface area contributed by atoms with Gasteiger partial charge in [-0.2, -0.15) is 4.98 Å². The van der Waals surface area contributed by atoms with Crippen molar-refractivity contribution in [2.75, 3.05) is 31.6 Å². The Balaban J connectivity index is 1.66. The summed E-state index contributed by atoms with van der Waals surface area (Å²) in [6, 6.07) is 0.140. The van der Waals surface area contributed by atoms with Crippen molar-refractivity contribution in [2.24, 2.45) is 0 Å². The Labute approximate surface area is 107 Å². The summed E-state index contributed by atoms with van der Waals surface area (Å²) < 4.78 is 10.7. The molecule has 0 saturated carbocycles. The van der Waals surface area contributed by atoms with Crippen LogP contribution in [0, 0.1) is 0 Å². The van der Waals surface area contributed by atoms with E-state index in [4.69, 9.17) is 9.26 Å². The molecule has 0 amide bonds. The average Bonchev–Trinajstić information content (AvgIpc) is 3.08. The minimum absolute atomic E-state index is 0.140. The van der Waals surface area contributed by atoms with Crippen LogP contribution in [0.5, 0.6) is 0 Å². The highest BCUT2D eigenvalue weighted by Gasteiger charge is 2.30. The van der Waals surface area contributed by atoms with Gasteiger partial charge >= 0.3 is 0 Å². The van der Waals surface area contributed by atoms with E-state index in [9.17, 15) is 0 Å². The quantitative estimate of drug-likeness (QED) is 0.869. The van der Waals surface area contributed by atoms with Crippen molar-refractivity contribution in [2.45, 2.75) is 37.8 Å². The molecule has 0 aliphatic carbocycles. The lowest BCUT2D eigenvalue weighted by Crippen LogP contribution is -2.30. The average molecular weight is 252 g/mol. The molecule has 0 unspecified atom stereocenters. The largest absolute Gasteiger partial charge is 0.380 e. The van der Waals surface area contributed by atoms with Gasteiger partial charge in [0.05, 0.1) is 12.1 Å². The Morgan fingerprint density at radius 1 is 1.33 bits per heavy atom. The summed E-state index contributed by atoms with van der Waals surface area (Å²) in [6.45, 7) is 2.93. The van der Waals surface area contributed by atoms with E-state index >= 15 is 0 Å². The molecule has 2 aliphatic heterocycles. The first kappa shape index (κ1) is 11.9. The van der Waals surface area contributed by atoms with Gasteiger partial charge in [-0.15, -0.1) is 0 Å². The van der Waals surface area contributed by atoms with Crippen molar-refractivity contribution in [3.05, 3.63) is 5.89 Å². The summed E-state index contributed by atoms with van der Waals surface area (Å²) in [5.41, 5.74) is 0. The topological polar surface area (TPSA) is 63.4 Å². The van der Waals surface area contributed by atoms with Gasteiger partial charge in [0, 0.05) is 26.7 Å². The van der Waals surface area contributed by atoms with Gasteiger partial charge in [0.1, 0.15) is 0 Å². The number of piperidine rings is 1. The van der Waals surface area contributed by atoms with E-state index in [1.807, 2.05) is 0 Å². The molecule has 0 radical (unpaired) electrons. The molecular formula is C12H20N4O2. The smallest absolute Gasteiger partial charge is 0.266 e. The highest BCUT2D eigenvalue weighted by atomic mass is 16.5. The fourth-order valence-corrected chi connectivity index (χ4v) is 2.66. The molecule has 3 rings (SSSR count). The molecule has 2 saturated heterocycles. The standard InChI is InChI=1S/C12H20N4O2/c1-17-9-7-10(13-8-9)11-14-12(15-18-11)16-5-3-2-4-6-16/h9-10,13H,2-8H2,1H3/t9-,10+/m0/s1. The van der Waals surface area contributed by atoms with Crippen LogP contribution in [0.2, 0.25) is 0 Å². The molecule has 6 heteroatoms. The number of methoxy groups -OCH3 is 1. The summed E-state index contributed by atoms with van der Waals surface area (Å²) in [5, 5.41) is 7.44. The minimum atomic E-state index is 0.140. The third-order valence-corrected chi connectivity index (χ3v) is 3.79. The maximum atomic E-state index is 5.37. The molecule has 1 aromatic rings. The van der Waals surface area contributed by atoms with Crippen LogP contribution in [-0.4, -0.2) is 43.0 Å². The molecule has 1 aromatic heterocycles. The lowest BCUT2D eigenvalue weighted by Gasteiger charge is -2.24. The predicted molar refractivity (Wildman–Crippen MR) is 66.5 cm³/mol. The zero-order chi connectivity index (χ0) is 12.4. The summed E-state index contributed by atoms with van der Waals surface area (Å²) in [5.74, 6) is 1.43. The molecule has 1 N–H and O–H groups in total. The number of anilines is 1. The Morgan fingerprint density at radius 2 is 2.17 bits per heavy atom. The minimum Gasteiger partial charge on any atom is -0.380 e. The predicted octanol–water partition coefficient (Wildman–Crippen LogP) is 1.11. The van der Waals surface area contributed by atoms with Gasteiger partial charge in [-0.3, -0.25) is 0 Å². The number of aromatic nitrogens is 2. The van der Waals surface area contributed by atoms with Gasteiger partial charge in [-0.25, -0.2) is 0 Å². The Morgan fingerprint density at radius 3 is 2.89 bits per heavy atom. The van der Waals surface area contributed by atoms with Crippen molar-refractivity contribution in [1.29, 1.82) is 0 Å². The van der Waals surface area contributed by atoms with E-state index in [1.54, 1.807) is 7.11 Å². The van der Waals surface area contributed by atoms with E-state index in [0.29, 0.717) is 5.89 Å². The molecule has 0 spiro atoms. The summed E-state index contributed by atoms with van der Waals surface area (Å²) in [7, 11) is 1.74. The van der Waals surface area contributed by atoms with E-state index in [-0.39, 0.29) is 12.1 Å².